The number of rotatable bonds is 7. The molecule has 0 bridgehead atoms. The standard InChI is InChI=1S/C16H20N4O3S2/c1-11-16(12(2)23-19-11)14-6-7-15(24-14)25(21,22)18-8-4-5-13-9-17-20(3)10-13/h6-7,9-10,18H,4-5,8H2,1-3H3. The van der Waals surface area contributed by atoms with Gasteiger partial charge in [0.25, 0.3) is 0 Å². The van der Waals surface area contributed by atoms with Crippen LogP contribution in [0.4, 0.5) is 0 Å². The van der Waals surface area contributed by atoms with Crippen molar-refractivity contribution in [1.29, 1.82) is 0 Å². The molecule has 0 saturated heterocycles. The Bertz CT molecular complexity index is 950. The first-order chi connectivity index (χ1) is 11.9. The van der Waals surface area contributed by atoms with E-state index in [0.29, 0.717) is 22.9 Å². The lowest BCUT2D eigenvalue weighted by Gasteiger charge is -2.04. The Hall–Kier alpha value is -1.97. The van der Waals surface area contributed by atoms with Crippen molar-refractivity contribution in [3.63, 3.8) is 0 Å². The zero-order valence-corrected chi connectivity index (χ0v) is 15.9. The number of sulfonamides is 1. The van der Waals surface area contributed by atoms with Crippen molar-refractivity contribution in [2.75, 3.05) is 6.54 Å². The molecule has 0 amide bonds. The van der Waals surface area contributed by atoms with E-state index >= 15 is 0 Å². The van der Waals surface area contributed by atoms with E-state index in [1.807, 2.05) is 27.1 Å². The van der Waals surface area contributed by atoms with Crippen molar-refractivity contribution in [2.45, 2.75) is 30.9 Å². The molecule has 0 aliphatic heterocycles. The smallest absolute Gasteiger partial charge is 0.250 e. The van der Waals surface area contributed by atoms with Crippen LogP contribution in [-0.4, -0.2) is 29.9 Å². The quantitative estimate of drug-likeness (QED) is 0.637. The highest BCUT2D eigenvalue weighted by Gasteiger charge is 2.20. The number of hydrogen-bond acceptors (Lipinski definition) is 6. The highest BCUT2D eigenvalue weighted by atomic mass is 32.2. The van der Waals surface area contributed by atoms with Gasteiger partial charge in [0.05, 0.1) is 17.5 Å². The summed E-state index contributed by atoms with van der Waals surface area (Å²) in [7, 11) is -1.65. The molecule has 0 radical (unpaired) electrons. The summed E-state index contributed by atoms with van der Waals surface area (Å²) in [6, 6.07) is 3.41. The molecule has 0 aliphatic carbocycles. The Morgan fingerprint density at radius 3 is 2.76 bits per heavy atom. The Morgan fingerprint density at radius 2 is 2.12 bits per heavy atom. The van der Waals surface area contributed by atoms with Gasteiger partial charge in [-0.25, -0.2) is 13.1 Å². The molecule has 0 aromatic carbocycles. The second-order valence-electron chi connectivity index (χ2n) is 5.84. The van der Waals surface area contributed by atoms with Gasteiger partial charge in [0.2, 0.25) is 10.0 Å². The summed E-state index contributed by atoms with van der Waals surface area (Å²) in [5, 5.41) is 8.01. The first-order valence-corrected chi connectivity index (χ1v) is 10.2. The maximum Gasteiger partial charge on any atom is 0.250 e. The van der Waals surface area contributed by atoms with Gasteiger partial charge in [-0.15, -0.1) is 11.3 Å². The topological polar surface area (TPSA) is 90.0 Å². The van der Waals surface area contributed by atoms with E-state index in [1.54, 1.807) is 23.0 Å². The van der Waals surface area contributed by atoms with Crippen LogP contribution in [0.15, 0.2) is 33.3 Å². The van der Waals surface area contributed by atoms with E-state index in [9.17, 15) is 8.42 Å². The molecule has 25 heavy (non-hydrogen) atoms. The van der Waals surface area contributed by atoms with Gasteiger partial charge in [0.1, 0.15) is 9.97 Å². The van der Waals surface area contributed by atoms with Crippen molar-refractivity contribution in [2.24, 2.45) is 7.05 Å². The fourth-order valence-corrected chi connectivity index (χ4v) is 5.17. The van der Waals surface area contributed by atoms with E-state index in [0.717, 1.165) is 28.1 Å². The Labute approximate surface area is 150 Å². The zero-order chi connectivity index (χ0) is 18.0. The Kier molecular flexibility index (Phi) is 5.07. The number of nitrogens with zero attached hydrogens (tertiary/aromatic N) is 3. The van der Waals surface area contributed by atoms with E-state index in [-0.39, 0.29) is 0 Å². The minimum absolute atomic E-state index is 0.295. The third-order valence-corrected chi connectivity index (χ3v) is 6.87. The van der Waals surface area contributed by atoms with Crippen molar-refractivity contribution in [3.8, 4) is 10.4 Å². The fourth-order valence-electron chi connectivity index (χ4n) is 2.60. The van der Waals surface area contributed by atoms with Crippen LogP contribution in [-0.2, 0) is 23.5 Å². The lowest BCUT2D eigenvalue weighted by Crippen LogP contribution is -2.24. The molecule has 0 saturated carbocycles. The van der Waals surface area contributed by atoms with Crippen LogP contribution in [0.1, 0.15) is 23.4 Å². The van der Waals surface area contributed by atoms with Crippen LogP contribution in [0.3, 0.4) is 0 Å². The molecule has 0 unspecified atom stereocenters. The minimum Gasteiger partial charge on any atom is -0.361 e. The number of aryl methyl sites for hydroxylation is 4. The van der Waals surface area contributed by atoms with E-state index in [1.165, 1.54) is 11.3 Å². The maximum absolute atomic E-state index is 12.4. The second-order valence-corrected chi connectivity index (χ2v) is 8.92. The van der Waals surface area contributed by atoms with Crippen LogP contribution in [0.25, 0.3) is 10.4 Å². The normalized spacial score (nSPS) is 12.0. The number of nitrogens with one attached hydrogen (secondary N) is 1. The van der Waals surface area contributed by atoms with Gasteiger partial charge >= 0.3 is 0 Å². The summed E-state index contributed by atoms with van der Waals surface area (Å²) in [5.41, 5.74) is 2.72. The maximum atomic E-state index is 12.4. The summed E-state index contributed by atoms with van der Waals surface area (Å²) >= 11 is 1.22. The summed E-state index contributed by atoms with van der Waals surface area (Å²) in [5.74, 6) is 0.688. The van der Waals surface area contributed by atoms with Gasteiger partial charge in [-0.3, -0.25) is 4.68 Å². The molecular formula is C16H20N4O3S2. The van der Waals surface area contributed by atoms with Crippen LogP contribution in [0, 0.1) is 13.8 Å². The largest absolute Gasteiger partial charge is 0.361 e. The number of thiophene rings is 1. The fraction of sp³-hybridized carbons (Fsp3) is 0.375. The average molecular weight is 380 g/mol. The Balaban J connectivity index is 1.63. The zero-order valence-electron chi connectivity index (χ0n) is 14.3. The predicted molar refractivity (Wildman–Crippen MR) is 96.0 cm³/mol. The molecule has 3 heterocycles. The lowest BCUT2D eigenvalue weighted by atomic mass is 10.2. The van der Waals surface area contributed by atoms with Crippen molar-refractivity contribution in [1.82, 2.24) is 19.7 Å². The third kappa shape index (κ3) is 4.00. The SMILES string of the molecule is Cc1noc(C)c1-c1ccc(S(=O)(=O)NCCCc2cnn(C)c2)s1. The second kappa shape index (κ2) is 7.11. The molecule has 3 rings (SSSR count). The molecule has 0 spiro atoms. The first-order valence-electron chi connectivity index (χ1n) is 7.87. The van der Waals surface area contributed by atoms with Gasteiger partial charge in [0.15, 0.2) is 0 Å². The van der Waals surface area contributed by atoms with E-state index in [4.69, 9.17) is 4.52 Å². The third-order valence-electron chi connectivity index (χ3n) is 3.82. The van der Waals surface area contributed by atoms with Gasteiger partial charge in [0, 0.05) is 24.7 Å². The van der Waals surface area contributed by atoms with Crippen LogP contribution in [0.2, 0.25) is 0 Å². The highest BCUT2D eigenvalue weighted by molar-refractivity contribution is 7.91. The Morgan fingerprint density at radius 1 is 1.32 bits per heavy atom. The average Bonchev–Trinajstić information content (AvgIpc) is 3.25. The first kappa shape index (κ1) is 17.8. The van der Waals surface area contributed by atoms with Gasteiger partial charge in [-0.05, 0) is 44.4 Å². The summed E-state index contributed by atoms with van der Waals surface area (Å²) in [4.78, 5) is 0.840. The van der Waals surface area contributed by atoms with E-state index < -0.39 is 10.0 Å². The molecule has 1 N–H and O–H groups in total. The monoisotopic (exact) mass is 380 g/mol. The number of hydrogen-bond donors (Lipinski definition) is 1. The molecule has 0 fully saturated rings. The van der Waals surface area contributed by atoms with Crippen LogP contribution < -0.4 is 4.72 Å². The summed E-state index contributed by atoms with van der Waals surface area (Å²) in [6.07, 6.45) is 5.23. The summed E-state index contributed by atoms with van der Waals surface area (Å²) in [6.45, 7) is 4.05. The minimum atomic E-state index is -3.51. The van der Waals surface area contributed by atoms with Crippen molar-refractivity contribution >= 4 is 21.4 Å². The summed E-state index contributed by atoms with van der Waals surface area (Å²) < 4.78 is 34.7. The molecule has 3 aromatic rings. The molecule has 9 heteroatoms. The molecular weight excluding hydrogens is 360 g/mol. The van der Waals surface area contributed by atoms with E-state index in [2.05, 4.69) is 15.0 Å². The van der Waals surface area contributed by atoms with Crippen LogP contribution in [0.5, 0.6) is 0 Å². The molecule has 134 valence electrons. The molecule has 0 atom stereocenters. The van der Waals surface area contributed by atoms with Crippen molar-refractivity contribution in [3.05, 3.63) is 41.5 Å². The number of aromatic nitrogens is 3. The van der Waals surface area contributed by atoms with Gasteiger partial charge in [-0.2, -0.15) is 5.10 Å². The lowest BCUT2D eigenvalue weighted by molar-refractivity contribution is 0.393. The molecule has 7 nitrogen and oxygen atoms in total. The van der Waals surface area contributed by atoms with Gasteiger partial charge in [-0.1, -0.05) is 5.16 Å². The predicted octanol–water partition coefficient (Wildman–Crippen LogP) is 2.66. The van der Waals surface area contributed by atoms with Crippen LogP contribution >= 0.6 is 11.3 Å². The highest BCUT2D eigenvalue weighted by Crippen LogP contribution is 2.34. The molecule has 0 aliphatic rings. The van der Waals surface area contributed by atoms with Crippen molar-refractivity contribution < 1.29 is 12.9 Å². The van der Waals surface area contributed by atoms with Gasteiger partial charge < -0.3 is 4.52 Å². The molecule has 3 aromatic heterocycles.